The highest BCUT2D eigenvalue weighted by atomic mass is 32.1. The molecule has 5 nitrogen and oxygen atoms in total. The van der Waals surface area contributed by atoms with E-state index in [2.05, 4.69) is 12.2 Å². The number of carbonyl (C=O) groups is 2. The minimum absolute atomic E-state index is 0.257. The van der Waals surface area contributed by atoms with Gasteiger partial charge in [0.05, 0.1) is 29.4 Å². The van der Waals surface area contributed by atoms with Gasteiger partial charge in [0.15, 0.2) is 0 Å². The van der Waals surface area contributed by atoms with Crippen LogP contribution in [0.4, 0.5) is 5.00 Å². The highest BCUT2D eigenvalue weighted by molar-refractivity contribution is 7.17. The molecule has 5 rings (SSSR count). The Balaban J connectivity index is 1.61. The predicted molar refractivity (Wildman–Crippen MR) is 137 cm³/mol. The standard InChI is InChI=1S/C28H26N2O3S/c1-16-12-13-20-23(14-16)34-27(24(20)28(32)33-3)30-26(31)21-15-22(18-9-5-4-6-10-18)29-25-17(2)8-7-11-19(21)25/h4-11,15-16H,12-14H2,1-3H3,(H,30,31). The van der Waals surface area contributed by atoms with Crippen LogP contribution in [0.3, 0.4) is 0 Å². The van der Waals surface area contributed by atoms with Gasteiger partial charge in [-0.2, -0.15) is 0 Å². The molecule has 1 N–H and O–H groups in total. The Morgan fingerprint density at radius 3 is 2.68 bits per heavy atom. The van der Waals surface area contributed by atoms with Gasteiger partial charge in [0.1, 0.15) is 5.00 Å². The fourth-order valence-corrected chi connectivity index (χ4v) is 6.06. The lowest BCUT2D eigenvalue weighted by Gasteiger charge is -2.18. The molecule has 0 bridgehead atoms. The van der Waals surface area contributed by atoms with Crippen molar-refractivity contribution in [3.8, 4) is 11.3 Å². The van der Waals surface area contributed by atoms with Crippen LogP contribution in [0.5, 0.6) is 0 Å². The van der Waals surface area contributed by atoms with E-state index in [9.17, 15) is 9.59 Å². The number of esters is 1. The molecule has 6 heteroatoms. The van der Waals surface area contributed by atoms with Crippen LogP contribution in [0.1, 0.15) is 50.1 Å². The summed E-state index contributed by atoms with van der Waals surface area (Å²) in [6.07, 6.45) is 2.76. The number of anilines is 1. The van der Waals surface area contributed by atoms with Crippen molar-refractivity contribution in [2.24, 2.45) is 5.92 Å². The third-order valence-corrected chi connectivity index (χ3v) is 7.65. The van der Waals surface area contributed by atoms with Crippen molar-refractivity contribution in [2.45, 2.75) is 33.1 Å². The van der Waals surface area contributed by atoms with E-state index in [1.807, 2.05) is 61.5 Å². The molecule has 1 atom stereocenters. The SMILES string of the molecule is COC(=O)c1c(NC(=O)c2cc(-c3ccccc3)nc3c(C)cccc23)sc2c1CCC(C)C2. The first-order chi connectivity index (χ1) is 16.5. The van der Waals surface area contributed by atoms with Gasteiger partial charge in [-0.05, 0) is 49.3 Å². The van der Waals surface area contributed by atoms with Gasteiger partial charge in [-0.1, -0.05) is 55.5 Å². The van der Waals surface area contributed by atoms with E-state index in [1.54, 1.807) is 0 Å². The van der Waals surface area contributed by atoms with E-state index in [1.165, 1.54) is 18.4 Å². The number of pyridine rings is 1. The third-order valence-electron chi connectivity index (χ3n) is 6.48. The molecule has 0 spiro atoms. The summed E-state index contributed by atoms with van der Waals surface area (Å²) in [5, 5.41) is 4.40. The number of carbonyl (C=O) groups excluding carboxylic acids is 2. The Labute approximate surface area is 202 Å². The number of aryl methyl sites for hydroxylation is 1. The normalized spacial score (nSPS) is 15.1. The molecular weight excluding hydrogens is 444 g/mol. The van der Waals surface area contributed by atoms with Crippen LogP contribution < -0.4 is 5.32 Å². The molecule has 1 unspecified atom stereocenters. The number of hydrogen-bond donors (Lipinski definition) is 1. The van der Waals surface area contributed by atoms with Crippen molar-refractivity contribution in [2.75, 3.05) is 12.4 Å². The zero-order valence-corrected chi connectivity index (χ0v) is 20.3. The third kappa shape index (κ3) is 3.99. The molecule has 0 fully saturated rings. The molecule has 1 amide bonds. The summed E-state index contributed by atoms with van der Waals surface area (Å²) in [6.45, 7) is 4.21. The highest BCUT2D eigenvalue weighted by Gasteiger charge is 2.29. The largest absolute Gasteiger partial charge is 0.465 e. The first-order valence-electron chi connectivity index (χ1n) is 11.5. The summed E-state index contributed by atoms with van der Waals surface area (Å²) in [5.41, 5.74) is 5.52. The number of hydrogen-bond acceptors (Lipinski definition) is 5. The van der Waals surface area contributed by atoms with E-state index in [-0.39, 0.29) is 5.91 Å². The molecule has 0 radical (unpaired) electrons. The van der Waals surface area contributed by atoms with Gasteiger partial charge in [-0.3, -0.25) is 4.79 Å². The van der Waals surface area contributed by atoms with Crippen molar-refractivity contribution in [1.29, 1.82) is 0 Å². The first kappa shape index (κ1) is 22.3. The monoisotopic (exact) mass is 470 g/mol. The van der Waals surface area contributed by atoms with E-state index in [0.717, 1.165) is 57.4 Å². The average molecular weight is 471 g/mol. The highest BCUT2D eigenvalue weighted by Crippen LogP contribution is 2.40. The van der Waals surface area contributed by atoms with Crippen LogP contribution in [-0.2, 0) is 17.6 Å². The second-order valence-electron chi connectivity index (χ2n) is 8.89. The van der Waals surface area contributed by atoms with E-state index in [4.69, 9.17) is 9.72 Å². The quantitative estimate of drug-likeness (QED) is 0.349. The molecule has 1 aliphatic carbocycles. The van der Waals surface area contributed by atoms with Gasteiger partial charge in [-0.15, -0.1) is 11.3 Å². The van der Waals surface area contributed by atoms with Crippen LogP contribution in [-0.4, -0.2) is 24.0 Å². The Kier molecular flexibility index (Phi) is 5.92. The lowest BCUT2D eigenvalue weighted by Crippen LogP contribution is -2.16. The summed E-state index contributed by atoms with van der Waals surface area (Å²) in [5.74, 6) is -0.101. The average Bonchev–Trinajstić information content (AvgIpc) is 3.20. The van der Waals surface area contributed by atoms with E-state index >= 15 is 0 Å². The van der Waals surface area contributed by atoms with Crippen molar-refractivity contribution in [3.63, 3.8) is 0 Å². The Morgan fingerprint density at radius 2 is 1.91 bits per heavy atom. The smallest absolute Gasteiger partial charge is 0.341 e. The van der Waals surface area contributed by atoms with Gasteiger partial charge in [-0.25, -0.2) is 9.78 Å². The van der Waals surface area contributed by atoms with Gasteiger partial charge in [0.2, 0.25) is 0 Å². The van der Waals surface area contributed by atoms with Crippen molar-refractivity contribution in [3.05, 3.63) is 81.7 Å². The number of aromatic nitrogens is 1. The molecule has 0 aliphatic heterocycles. The van der Waals surface area contributed by atoms with Crippen LogP contribution in [0.25, 0.3) is 22.2 Å². The minimum atomic E-state index is -0.400. The number of rotatable bonds is 4. The van der Waals surface area contributed by atoms with E-state index in [0.29, 0.717) is 22.0 Å². The van der Waals surface area contributed by atoms with Crippen molar-refractivity contribution in [1.82, 2.24) is 4.98 Å². The molecule has 4 aromatic rings. The lowest BCUT2D eigenvalue weighted by atomic mass is 9.88. The fraction of sp³-hybridized carbons (Fsp3) is 0.250. The number of fused-ring (bicyclic) bond motifs is 2. The lowest BCUT2D eigenvalue weighted by molar-refractivity contribution is 0.0601. The number of thiophene rings is 1. The number of nitrogens with one attached hydrogen (secondary N) is 1. The number of benzene rings is 2. The van der Waals surface area contributed by atoms with Crippen LogP contribution in [0.15, 0.2) is 54.6 Å². The summed E-state index contributed by atoms with van der Waals surface area (Å²) in [6, 6.07) is 17.5. The maximum atomic E-state index is 13.7. The molecule has 172 valence electrons. The van der Waals surface area contributed by atoms with Crippen LogP contribution in [0, 0.1) is 12.8 Å². The molecule has 2 aromatic carbocycles. The summed E-state index contributed by atoms with van der Waals surface area (Å²) in [4.78, 5) is 32.4. The molecule has 34 heavy (non-hydrogen) atoms. The summed E-state index contributed by atoms with van der Waals surface area (Å²) in [7, 11) is 1.38. The second kappa shape index (κ2) is 9.03. The summed E-state index contributed by atoms with van der Waals surface area (Å²) < 4.78 is 5.08. The first-order valence-corrected chi connectivity index (χ1v) is 12.3. The number of methoxy groups -OCH3 is 1. The van der Waals surface area contributed by atoms with Crippen LogP contribution >= 0.6 is 11.3 Å². The molecule has 0 saturated carbocycles. The predicted octanol–water partition coefficient (Wildman–Crippen LogP) is 6.44. The number of para-hydroxylation sites is 1. The maximum Gasteiger partial charge on any atom is 0.341 e. The molecular formula is C28H26N2O3S. The van der Waals surface area contributed by atoms with Gasteiger partial charge >= 0.3 is 5.97 Å². The zero-order chi connectivity index (χ0) is 23.8. The van der Waals surface area contributed by atoms with Gasteiger partial charge < -0.3 is 10.1 Å². The molecule has 2 aromatic heterocycles. The Morgan fingerprint density at radius 1 is 1.12 bits per heavy atom. The Bertz CT molecular complexity index is 1410. The fourth-order valence-electron chi connectivity index (χ4n) is 4.66. The molecule has 0 saturated heterocycles. The number of ether oxygens (including phenoxy) is 1. The second-order valence-corrected chi connectivity index (χ2v) is 10.00. The van der Waals surface area contributed by atoms with Gasteiger partial charge in [0.25, 0.3) is 5.91 Å². The van der Waals surface area contributed by atoms with Crippen LogP contribution in [0.2, 0.25) is 0 Å². The Hall–Kier alpha value is -3.51. The minimum Gasteiger partial charge on any atom is -0.465 e. The summed E-state index contributed by atoms with van der Waals surface area (Å²) >= 11 is 1.49. The van der Waals surface area contributed by atoms with E-state index < -0.39 is 5.97 Å². The number of amides is 1. The maximum absolute atomic E-state index is 13.7. The van der Waals surface area contributed by atoms with Crippen molar-refractivity contribution >= 4 is 39.1 Å². The molecule has 1 aliphatic rings. The number of nitrogens with zero attached hydrogens (tertiary/aromatic N) is 1. The van der Waals surface area contributed by atoms with Gasteiger partial charge in [0, 0.05) is 15.8 Å². The topological polar surface area (TPSA) is 68.3 Å². The zero-order valence-electron chi connectivity index (χ0n) is 19.5. The molecule has 2 heterocycles. The van der Waals surface area contributed by atoms with Crippen molar-refractivity contribution < 1.29 is 14.3 Å².